The minimum Gasteiger partial charge on any atom is -0.493 e. The summed E-state index contributed by atoms with van der Waals surface area (Å²) in [6, 6.07) is 8.30. The molecule has 7 nitrogen and oxygen atoms in total. The lowest BCUT2D eigenvalue weighted by Crippen LogP contribution is -2.13. The molecule has 7 heteroatoms. The van der Waals surface area contributed by atoms with E-state index < -0.39 is 0 Å². The molecule has 0 saturated carbocycles. The average Bonchev–Trinajstić information content (AvgIpc) is 3.06. The van der Waals surface area contributed by atoms with Gasteiger partial charge in [-0.1, -0.05) is 13.8 Å². The van der Waals surface area contributed by atoms with Gasteiger partial charge in [0.1, 0.15) is 0 Å². The molecular weight excluding hydrogens is 336 g/mol. The fourth-order valence-corrected chi connectivity index (χ4v) is 2.44. The van der Waals surface area contributed by atoms with Crippen molar-refractivity contribution in [2.45, 2.75) is 13.8 Å². The summed E-state index contributed by atoms with van der Waals surface area (Å²) in [5.41, 5.74) is 7.25. The van der Waals surface area contributed by atoms with E-state index >= 15 is 0 Å². The predicted molar refractivity (Wildman–Crippen MR) is 98.3 cm³/mol. The zero-order valence-electron chi connectivity index (χ0n) is 15.0. The van der Waals surface area contributed by atoms with Crippen molar-refractivity contribution in [3.05, 3.63) is 35.9 Å². The molecule has 1 aliphatic rings. The van der Waals surface area contributed by atoms with E-state index in [-0.39, 0.29) is 12.7 Å². The maximum Gasteiger partial charge on any atom is 0.255 e. The number of hydrogen-bond donors (Lipinski definition) is 2. The van der Waals surface area contributed by atoms with E-state index in [0.717, 1.165) is 0 Å². The average molecular weight is 358 g/mol. The molecule has 0 unspecified atom stereocenters. The largest absolute Gasteiger partial charge is 0.493 e. The van der Waals surface area contributed by atoms with Crippen LogP contribution in [0.3, 0.4) is 0 Å². The summed E-state index contributed by atoms with van der Waals surface area (Å²) in [5.74, 6) is 2.27. The van der Waals surface area contributed by atoms with E-state index in [2.05, 4.69) is 19.2 Å². The fourth-order valence-electron chi connectivity index (χ4n) is 2.44. The number of rotatable bonds is 6. The molecule has 0 spiro atoms. The summed E-state index contributed by atoms with van der Waals surface area (Å²) >= 11 is 0. The minimum absolute atomic E-state index is 0.140. The molecule has 0 bridgehead atoms. The zero-order chi connectivity index (χ0) is 18.7. The van der Waals surface area contributed by atoms with Crippen LogP contribution in [-0.2, 0) is 0 Å². The van der Waals surface area contributed by atoms with Crippen LogP contribution in [0, 0.1) is 5.92 Å². The van der Waals surface area contributed by atoms with Crippen molar-refractivity contribution in [2.24, 2.45) is 5.92 Å². The standard InChI is InChI=1S/C19H22N2O5/c1-11(2)9-24-15-5-4-12(6-16(15)23-3)19(22)21-14-8-18-17(7-13(14)20)25-10-26-18/h4-8,11H,9-10,20H2,1-3H3,(H,21,22). The molecule has 0 aliphatic carbocycles. The van der Waals surface area contributed by atoms with Gasteiger partial charge in [-0.25, -0.2) is 0 Å². The Labute approximate surface area is 152 Å². The maximum atomic E-state index is 12.6. The minimum atomic E-state index is -0.315. The van der Waals surface area contributed by atoms with Crippen LogP contribution < -0.4 is 30.0 Å². The Balaban J connectivity index is 1.78. The van der Waals surface area contributed by atoms with E-state index in [4.69, 9.17) is 24.7 Å². The lowest BCUT2D eigenvalue weighted by Gasteiger charge is -2.14. The monoisotopic (exact) mass is 358 g/mol. The van der Waals surface area contributed by atoms with Gasteiger partial charge in [0, 0.05) is 17.7 Å². The molecule has 3 rings (SSSR count). The molecule has 138 valence electrons. The van der Waals surface area contributed by atoms with Crippen molar-refractivity contribution in [3.8, 4) is 23.0 Å². The summed E-state index contributed by atoms with van der Waals surface area (Å²) in [4.78, 5) is 12.6. The van der Waals surface area contributed by atoms with E-state index in [1.165, 1.54) is 7.11 Å². The Morgan fingerprint density at radius 2 is 1.92 bits per heavy atom. The van der Waals surface area contributed by atoms with Gasteiger partial charge in [0.2, 0.25) is 6.79 Å². The first-order valence-corrected chi connectivity index (χ1v) is 8.29. The topological polar surface area (TPSA) is 92.0 Å². The molecule has 0 radical (unpaired) electrons. The first kappa shape index (κ1) is 17.7. The molecule has 0 saturated heterocycles. The third kappa shape index (κ3) is 3.77. The number of nitrogen functional groups attached to an aromatic ring is 1. The van der Waals surface area contributed by atoms with Crippen LogP contribution in [0.25, 0.3) is 0 Å². The normalized spacial score (nSPS) is 12.2. The lowest BCUT2D eigenvalue weighted by atomic mass is 10.1. The summed E-state index contributed by atoms with van der Waals surface area (Å²) in [7, 11) is 1.54. The molecule has 2 aromatic carbocycles. The van der Waals surface area contributed by atoms with Crippen LogP contribution in [0.15, 0.2) is 30.3 Å². The lowest BCUT2D eigenvalue weighted by molar-refractivity contribution is 0.102. The number of methoxy groups -OCH3 is 1. The third-order valence-corrected chi connectivity index (χ3v) is 3.79. The number of amides is 1. The summed E-state index contributed by atoms with van der Waals surface area (Å²) in [5, 5.41) is 2.78. The van der Waals surface area contributed by atoms with Gasteiger partial charge in [-0.05, 0) is 24.1 Å². The Bertz CT molecular complexity index is 820. The Morgan fingerprint density at radius 3 is 2.62 bits per heavy atom. The van der Waals surface area contributed by atoms with Gasteiger partial charge in [0.05, 0.1) is 25.1 Å². The van der Waals surface area contributed by atoms with E-state index in [1.807, 2.05) is 0 Å². The second-order valence-electron chi connectivity index (χ2n) is 6.32. The number of hydrogen-bond acceptors (Lipinski definition) is 6. The quantitative estimate of drug-likeness (QED) is 0.770. The second-order valence-corrected chi connectivity index (χ2v) is 6.32. The van der Waals surface area contributed by atoms with Crippen LogP contribution in [0.4, 0.5) is 11.4 Å². The number of nitrogens with one attached hydrogen (secondary N) is 1. The second kappa shape index (κ2) is 7.43. The van der Waals surface area contributed by atoms with Crippen molar-refractivity contribution in [1.29, 1.82) is 0 Å². The molecule has 0 fully saturated rings. The van der Waals surface area contributed by atoms with Gasteiger partial charge >= 0.3 is 0 Å². The van der Waals surface area contributed by atoms with Crippen molar-refractivity contribution >= 4 is 17.3 Å². The third-order valence-electron chi connectivity index (χ3n) is 3.79. The molecule has 3 N–H and O–H groups in total. The van der Waals surface area contributed by atoms with Crippen molar-refractivity contribution in [1.82, 2.24) is 0 Å². The first-order chi connectivity index (χ1) is 12.5. The smallest absolute Gasteiger partial charge is 0.255 e. The first-order valence-electron chi connectivity index (χ1n) is 8.29. The van der Waals surface area contributed by atoms with Gasteiger partial charge in [-0.3, -0.25) is 4.79 Å². The van der Waals surface area contributed by atoms with E-state index in [9.17, 15) is 4.79 Å². The van der Waals surface area contributed by atoms with Crippen LogP contribution in [-0.4, -0.2) is 26.4 Å². The number of nitrogens with two attached hydrogens (primary N) is 1. The van der Waals surface area contributed by atoms with Crippen LogP contribution in [0.5, 0.6) is 23.0 Å². The van der Waals surface area contributed by atoms with Crippen molar-refractivity contribution in [2.75, 3.05) is 31.6 Å². The number of fused-ring (bicyclic) bond motifs is 1. The van der Waals surface area contributed by atoms with Crippen LogP contribution >= 0.6 is 0 Å². The van der Waals surface area contributed by atoms with Gasteiger partial charge in [-0.15, -0.1) is 0 Å². The highest BCUT2D eigenvalue weighted by Crippen LogP contribution is 2.38. The van der Waals surface area contributed by atoms with Crippen LogP contribution in [0.1, 0.15) is 24.2 Å². The van der Waals surface area contributed by atoms with Crippen molar-refractivity contribution < 1.29 is 23.7 Å². The number of benzene rings is 2. The molecule has 26 heavy (non-hydrogen) atoms. The summed E-state index contributed by atoms with van der Waals surface area (Å²) < 4.78 is 21.6. The summed E-state index contributed by atoms with van der Waals surface area (Å²) in [6.45, 7) is 4.82. The highest BCUT2D eigenvalue weighted by atomic mass is 16.7. The van der Waals surface area contributed by atoms with Gasteiger partial charge in [-0.2, -0.15) is 0 Å². The number of carbonyl (C=O) groups excluding carboxylic acids is 1. The number of carbonyl (C=O) groups is 1. The fraction of sp³-hybridized carbons (Fsp3) is 0.316. The number of ether oxygens (including phenoxy) is 4. The highest BCUT2D eigenvalue weighted by molar-refractivity contribution is 6.06. The molecule has 1 aliphatic heterocycles. The maximum absolute atomic E-state index is 12.6. The predicted octanol–water partition coefficient (Wildman–Crippen LogP) is 3.29. The Morgan fingerprint density at radius 1 is 1.19 bits per heavy atom. The molecule has 1 amide bonds. The SMILES string of the molecule is COc1cc(C(=O)Nc2cc3c(cc2N)OCO3)ccc1OCC(C)C. The zero-order valence-corrected chi connectivity index (χ0v) is 15.0. The van der Waals surface area contributed by atoms with Gasteiger partial charge in [0.25, 0.3) is 5.91 Å². The molecular formula is C19H22N2O5. The van der Waals surface area contributed by atoms with Gasteiger partial charge in [0.15, 0.2) is 23.0 Å². The van der Waals surface area contributed by atoms with Crippen molar-refractivity contribution in [3.63, 3.8) is 0 Å². The highest BCUT2D eigenvalue weighted by Gasteiger charge is 2.18. The summed E-state index contributed by atoms with van der Waals surface area (Å²) in [6.07, 6.45) is 0. The van der Waals surface area contributed by atoms with Crippen LogP contribution in [0.2, 0.25) is 0 Å². The molecule has 1 heterocycles. The Kier molecular flexibility index (Phi) is 5.06. The van der Waals surface area contributed by atoms with E-state index in [1.54, 1.807) is 30.3 Å². The molecule has 2 aromatic rings. The molecule has 0 atom stereocenters. The van der Waals surface area contributed by atoms with Gasteiger partial charge < -0.3 is 30.0 Å². The van der Waals surface area contributed by atoms with E-state index in [0.29, 0.717) is 52.5 Å². The number of anilines is 2. The molecule has 0 aromatic heterocycles. The Hall–Kier alpha value is -3.09.